The molecule has 4 rings (SSSR count). The predicted octanol–water partition coefficient (Wildman–Crippen LogP) is 3.81. The zero-order valence-corrected chi connectivity index (χ0v) is 17.8. The van der Waals surface area contributed by atoms with Crippen LogP contribution in [0.3, 0.4) is 0 Å². The van der Waals surface area contributed by atoms with Crippen molar-refractivity contribution in [2.24, 2.45) is 0 Å². The van der Waals surface area contributed by atoms with Gasteiger partial charge in [0, 0.05) is 12.2 Å². The molecular formula is C20H21N5O2S2. The van der Waals surface area contributed by atoms with Crippen LogP contribution in [0.25, 0.3) is 16.0 Å². The van der Waals surface area contributed by atoms with E-state index in [9.17, 15) is 9.59 Å². The maximum absolute atomic E-state index is 12.7. The zero-order valence-electron chi connectivity index (χ0n) is 16.2. The van der Waals surface area contributed by atoms with Crippen molar-refractivity contribution in [1.82, 2.24) is 19.2 Å². The van der Waals surface area contributed by atoms with Crippen molar-refractivity contribution < 1.29 is 4.79 Å². The average Bonchev–Trinajstić information content (AvgIpc) is 3.37. The number of hydrogen-bond acceptors (Lipinski definition) is 6. The highest BCUT2D eigenvalue weighted by Gasteiger charge is 2.18. The van der Waals surface area contributed by atoms with Gasteiger partial charge in [0.05, 0.1) is 11.3 Å². The lowest BCUT2D eigenvalue weighted by Gasteiger charge is -2.08. The van der Waals surface area contributed by atoms with Gasteiger partial charge in [0.15, 0.2) is 5.16 Å². The van der Waals surface area contributed by atoms with E-state index in [-0.39, 0.29) is 17.2 Å². The standard InChI is InChI=1S/C20H21N5O2S2/c1-3-10-24-18(27)17-15(9-11-28-17)25-19(24)22-23-20(25)29-12-16(26)21-14-7-5-13(4-2)6-8-14/h5-9,11H,3-4,10,12H2,1-2H3,(H,21,26). The lowest BCUT2D eigenvalue weighted by Crippen LogP contribution is -2.22. The molecule has 0 saturated carbocycles. The molecule has 9 heteroatoms. The molecule has 0 aliphatic rings. The number of fused-ring (bicyclic) bond motifs is 3. The minimum atomic E-state index is -0.112. The molecule has 1 aromatic carbocycles. The third kappa shape index (κ3) is 3.79. The molecule has 0 unspecified atom stereocenters. The number of thioether (sulfide) groups is 1. The van der Waals surface area contributed by atoms with Crippen LogP contribution in [0.1, 0.15) is 25.8 Å². The van der Waals surface area contributed by atoms with Crippen LogP contribution >= 0.6 is 23.1 Å². The third-order valence-electron chi connectivity index (χ3n) is 4.61. The maximum atomic E-state index is 12.7. The number of carbonyl (C=O) groups is 1. The number of anilines is 1. The van der Waals surface area contributed by atoms with Gasteiger partial charge in [-0.05, 0) is 42.0 Å². The molecule has 0 radical (unpaired) electrons. The molecule has 0 spiro atoms. The Hall–Kier alpha value is -2.65. The fourth-order valence-corrected chi connectivity index (χ4v) is 4.73. The van der Waals surface area contributed by atoms with Gasteiger partial charge in [-0.2, -0.15) is 0 Å². The second kappa shape index (κ2) is 8.38. The molecule has 1 amide bonds. The molecule has 29 heavy (non-hydrogen) atoms. The number of hydrogen-bond donors (Lipinski definition) is 1. The number of thiophene rings is 1. The molecular weight excluding hydrogens is 406 g/mol. The van der Waals surface area contributed by atoms with Gasteiger partial charge >= 0.3 is 0 Å². The predicted molar refractivity (Wildman–Crippen MR) is 118 cm³/mol. The summed E-state index contributed by atoms with van der Waals surface area (Å²) < 4.78 is 4.20. The number of carbonyl (C=O) groups excluding carboxylic acids is 1. The largest absolute Gasteiger partial charge is 0.325 e. The number of benzene rings is 1. The Morgan fingerprint density at radius 3 is 2.69 bits per heavy atom. The number of aryl methyl sites for hydroxylation is 2. The first-order valence-corrected chi connectivity index (χ1v) is 11.4. The summed E-state index contributed by atoms with van der Waals surface area (Å²) in [5, 5.41) is 13.9. The first kappa shape index (κ1) is 19.7. The van der Waals surface area contributed by atoms with Gasteiger partial charge in [-0.3, -0.25) is 18.6 Å². The van der Waals surface area contributed by atoms with Crippen LogP contribution in [0.5, 0.6) is 0 Å². The average molecular weight is 428 g/mol. The topological polar surface area (TPSA) is 81.3 Å². The zero-order chi connectivity index (χ0) is 20.4. The van der Waals surface area contributed by atoms with Crippen molar-refractivity contribution >= 4 is 50.7 Å². The molecule has 3 aromatic heterocycles. The Labute approximate surface area is 175 Å². The van der Waals surface area contributed by atoms with Crippen LogP contribution in [0.4, 0.5) is 5.69 Å². The smallest absolute Gasteiger partial charge is 0.272 e. The highest BCUT2D eigenvalue weighted by atomic mass is 32.2. The van der Waals surface area contributed by atoms with Gasteiger partial charge in [0.2, 0.25) is 11.7 Å². The van der Waals surface area contributed by atoms with Crippen molar-refractivity contribution in [3.63, 3.8) is 0 Å². The first-order chi connectivity index (χ1) is 14.1. The summed E-state index contributed by atoms with van der Waals surface area (Å²) in [4.78, 5) is 25.1. The highest BCUT2D eigenvalue weighted by molar-refractivity contribution is 7.99. The SMILES string of the molecule is CCCn1c(=O)c2sccc2n2c(SCC(=O)Nc3ccc(CC)cc3)nnc12. The van der Waals surface area contributed by atoms with Crippen molar-refractivity contribution in [2.75, 3.05) is 11.1 Å². The summed E-state index contributed by atoms with van der Waals surface area (Å²) >= 11 is 2.72. The quantitative estimate of drug-likeness (QED) is 0.454. The summed E-state index contributed by atoms with van der Waals surface area (Å²) in [5.41, 5.74) is 2.74. The number of amides is 1. The monoisotopic (exact) mass is 427 g/mol. The van der Waals surface area contributed by atoms with Gasteiger partial charge < -0.3 is 5.32 Å². The van der Waals surface area contributed by atoms with Crippen LogP contribution in [0.15, 0.2) is 45.7 Å². The Bertz CT molecular complexity index is 1220. The van der Waals surface area contributed by atoms with E-state index in [0.717, 1.165) is 24.0 Å². The number of aromatic nitrogens is 4. The molecule has 0 saturated heterocycles. The van der Waals surface area contributed by atoms with Gasteiger partial charge in [-0.25, -0.2) is 0 Å². The summed E-state index contributed by atoms with van der Waals surface area (Å²) in [7, 11) is 0. The molecule has 0 atom stereocenters. The normalized spacial score (nSPS) is 11.4. The van der Waals surface area contributed by atoms with Crippen molar-refractivity contribution in [1.29, 1.82) is 0 Å². The summed E-state index contributed by atoms with van der Waals surface area (Å²) in [6, 6.07) is 9.73. The van der Waals surface area contributed by atoms with Crippen molar-refractivity contribution in [3.8, 4) is 0 Å². The first-order valence-electron chi connectivity index (χ1n) is 9.49. The van der Waals surface area contributed by atoms with Crippen LogP contribution in [-0.4, -0.2) is 30.8 Å². The molecule has 1 N–H and O–H groups in total. The van der Waals surface area contributed by atoms with E-state index in [1.165, 1.54) is 28.7 Å². The van der Waals surface area contributed by atoms with Gasteiger partial charge in [0.1, 0.15) is 4.70 Å². The second-order valence-electron chi connectivity index (χ2n) is 6.60. The summed E-state index contributed by atoms with van der Waals surface area (Å²) in [5.74, 6) is 0.606. The van der Waals surface area contributed by atoms with E-state index in [2.05, 4.69) is 22.4 Å². The fourth-order valence-electron chi connectivity index (χ4n) is 3.17. The number of rotatable bonds is 7. The van der Waals surface area contributed by atoms with Crippen molar-refractivity contribution in [2.45, 2.75) is 38.4 Å². The van der Waals surface area contributed by atoms with Crippen LogP contribution in [0, 0.1) is 0 Å². The fraction of sp³-hybridized carbons (Fsp3) is 0.300. The third-order valence-corrected chi connectivity index (χ3v) is 6.43. The van der Waals surface area contributed by atoms with Crippen LogP contribution in [0.2, 0.25) is 0 Å². The Morgan fingerprint density at radius 2 is 1.97 bits per heavy atom. The van der Waals surface area contributed by atoms with Gasteiger partial charge in [-0.15, -0.1) is 21.5 Å². The van der Waals surface area contributed by atoms with Gasteiger partial charge in [0.25, 0.3) is 5.56 Å². The number of nitrogens with zero attached hydrogens (tertiary/aromatic N) is 4. The summed E-state index contributed by atoms with van der Waals surface area (Å²) in [6.45, 7) is 4.69. The van der Waals surface area contributed by atoms with E-state index in [4.69, 9.17) is 0 Å². The number of nitrogens with one attached hydrogen (secondary N) is 1. The maximum Gasteiger partial charge on any atom is 0.272 e. The Morgan fingerprint density at radius 1 is 1.17 bits per heavy atom. The molecule has 0 bridgehead atoms. The van der Waals surface area contributed by atoms with E-state index >= 15 is 0 Å². The lowest BCUT2D eigenvalue weighted by atomic mass is 10.1. The summed E-state index contributed by atoms with van der Waals surface area (Å²) in [6.07, 6.45) is 1.78. The minimum Gasteiger partial charge on any atom is -0.325 e. The van der Waals surface area contributed by atoms with Gasteiger partial charge in [-0.1, -0.05) is 37.7 Å². The Balaban J connectivity index is 1.58. The van der Waals surface area contributed by atoms with Crippen LogP contribution < -0.4 is 10.9 Å². The lowest BCUT2D eigenvalue weighted by molar-refractivity contribution is -0.113. The molecule has 0 fully saturated rings. The molecule has 3 heterocycles. The molecule has 4 aromatic rings. The molecule has 150 valence electrons. The van der Waals surface area contributed by atoms with E-state index in [1.54, 1.807) is 4.57 Å². The second-order valence-corrected chi connectivity index (χ2v) is 8.46. The van der Waals surface area contributed by atoms with E-state index in [0.29, 0.717) is 22.2 Å². The highest BCUT2D eigenvalue weighted by Crippen LogP contribution is 2.24. The molecule has 7 nitrogen and oxygen atoms in total. The van der Waals surface area contributed by atoms with E-state index < -0.39 is 0 Å². The molecule has 0 aliphatic carbocycles. The van der Waals surface area contributed by atoms with Crippen LogP contribution in [-0.2, 0) is 17.8 Å². The Kier molecular flexibility index (Phi) is 5.68. The molecule has 0 aliphatic heterocycles. The van der Waals surface area contributed by atoms with E-state index in [1.807, 2.05) is 47.0 Å². The van der Waals surface area contributed by atoms with Crippen molar-refractivity contribution in [3.05, 3.63) is 51.6 Å². The minimum absolute atomic E-state index is 0.0402.